The van der Waals surface area contributed by atoms with Gasteiger partial charge in [0.25, 0.3) is 0 Å². The average molecular weight is 274 g/mol. The second kappa shape index (κ2) is 8.59. The molecule has 2 aromatic carbocycles. The molecule has 1 N–H and O–H groups in total. The standard InChI is InChI=1S/C15H15B.C3H4N2/c1-2-13-16(14-9-5-3-6-10-14)15-11-7-4-8-12-15;1-2-5-3-4-1/h2-12H,1,13H2;1-3H,(H,4,5). The molecular formula is C18H19BN2. The number of aromatic amines is 1. The smallest absolute Gasteiger partial charge is 0.213 e. The molecule has 0 unspecified atom stereocenters. The summed E-state index contributed by atoms with van der Waals surface area (Å²) in [5, 5.41) is 0. The number of hydrogen-bond donors (Lipinski definition) is 1. The Morgan fingerprint density at radius 2 is 1.52 bits per heavy atom. The first-order valence-corrected chi connectivity index (χ1v) is 7.05. The Bertz CT molecular complexity index is 550. The van der Waals surface area contributed by atoms with Crippen LogP contribution in [0.1, 0.15) is 0 Å². The maximum absolute atomic E-state index is 3.85. The minimum atomic E-state index is 0.430. The number of nitrogens with one attached hydrogen (secondary N) is 1. The molecule has 0 radical (unpaired) electrons. The normalized spacial score (nSPS) is 9.33. The molecule has 104 valence electrons. The second-order valence-electron chi connectivity index (χ2n) is 4.66. The molecule has 21 heavy (non-hydrogen) atoms. The number of aromatic nitrogens is 2. The fourth-order valence-corrected chi connectivity index (χ4v) is 2.22. The molecule has 3 aromatic rings. The lowest BCUT2D eigenvalue weighted by atomic mass is 9.39. The van der Waals surface area contributed by atoms with Crippen LogP contribution in [0.4, 0.5) is 0 Å². The second-order valence-corrected chi connectivity index (χ2v) is 4.66. The van der Waals surface area contributed by atoms with Crippen molar-refractivity contribution < 1.29 is 0 Å². The Morgan fingerprint density at radius 3 is 1.86 bits per heavy atom. The van der Waals surface area contributed by atoms with Crippen LogP contribution in [0.15, 0.2) is 92.0 Å². The van der Waals surface area contributed by atoms with Crippen LogP contribution in [0.25, 0.3) is 0 Å². The van der Waals surface area contributed by atoms with E-state index in [2.05, 4.69) is 77.2 Å². The number of allylic oxidation sites excluding steroid dienone is 1. The first-order chi connectivity index (χ1) is 10.4. The molecule has 0 amide bonds. The Morgan fingerprint density at radius 1 is 0.952 bits per heavy atom. The minimum absolute atomic E-state index is 0.430. The molecule has 1 heterocycles. The van der Waals surface area contributed by atoms with E-state index in [1.54, 1.807) is 18.7 Å². The van der Waals surface area contributed by atoms with Crippen LogP contribution >= 0.6 is 0 Å². The van der Waals surface area contributed by atoms with Crippen LogP contribution in [0.5, 0.6) is 0 Å². The molecule has 0 spiro atoms. The zero-order valence-electron chi connectivity index (χ0n) is 12.0. The third-order valence-corrected chi connectivity index (χ3v) is 3.21. The summed E-state index contributed by atoms with van der Waals surface area (Å²) in [6.45, 7) is 4.28. The van der Waals surface area contributed by atoms with Crippen molar-refractivity contribution >= 4 is 17.6 Å². The summed E-state index contributed by atoms with van der Waals surface area (Å²) in [4.78, 5) is 6.42. The summed E-state index contributed by atoms with van der Waals surface area (Å²) in [5.74, 6) is 0. The Hall–Kier alpha value is -2.55. The predicted molar refractivity (Wildman–Crippen MR) is 91.5 cm³/mol. The Labute approximate surface area is 126 Å². The zero-order chi connectivity index (χ0) is 14.8. The monoisotopic (exact) mass is 274 g/mol. The van der Waals surface area contributed by atoms with Gasteiger partial charge in [-0.25, -0.2) is 4.98 Å². The van der Waals surface area contributed by atoms with Crippen LogP contribution in [0.3, 0.4) is 0 Å². The molecule has 3 heteroatoms. The van der Waals surface area contributed by atoms with Gasteiger partial charge >= 0.3 is 0 Å². The van der Waals surface area contributed by atoms with E-state index in [1.165, 1.54) is 10.9 Å². The van der Waals surface area contributed by atoms with E-state index >= 15 is 0 Å². The van der Waals surface area contributed by atoms with Crippen molar-refractivity contribution in [1.82, 2.24) is 9.97 Å². The highest BCUT2D eigenvalue weighted by Crippen LogP contribution is 1.98. The highest BCUT2D eigenvalue weighted by molar-refractivity contribution is 6.85. The Kier molecular flexibility index (Phi) is 6.08. The fourth-order valence-electron chi connectivity index (χ4n) is 2.22. The van der Waals surface area contributed by atoms with Gasteiger partial charge < -0.3 is 4.98 Å². The summed E-state index contributed by atoms with van der Waals surface area (Å²) in [6.07, 6.45) is 8.05. The molecular weight excluding hydrogens is 255 g/mol. The van der Waals surface area contributed by atoms with Crippen molar-refractivity contribution in [1.29, 1.82) is 0 Å². The topological polar surface area (TPSA) is 28.7 Å². The highest BCUT2D eigenvalue weighted by atomic mass is 14.8. The van der Waals surface area contributed by atoms with Crippen molar-refractivity contribution in [2.45, 2.75) is 6.32 Å². The molecule has 2 nitrogen and oxygen atoms in total. The molecule has 0 aliphatic rings. The van der Waals surface area contributed by atoms with Crippen LogP contribution in [-0.4, -0.2) is 16.7 Å². The molecule has 0 aliphatic heterocycles. The maximum atomic E-state index is 3.85. The van der Waals surface area contributed by atoms with Crippen molar-refractivity contribution in [2.75, 3.05) is 0 Å². The van der Waals surface area contributed by atoms with E-state index in [0.29, 0.717) is 6.71 Å². The summed E-state index contributed by atoms with van der Waals surface area (Å²) in [6, 6.07) is 21.2. The van der Waals surface area contributed by atoms with E-state index in [4.69, 9.17) is 0 Å². The van der Waals surface area contributed by atoms with Crippen molar-refractivity contribution in [3.63, 3.8) is 0 Å². The van der Waals surface area contributed by atoms with Gasteiger partial charge in [0.1, 0.15) is 0 Å². The molecule has 0 saturated heterocycles. The number of imidazole rings is 1. The van der Waals surface area contributed by atoms with E-state index in [-0.39, 0.29) is 0 Å². The third kappa shape index (κ3) is 4.81. The van der Waals surface area contributed by atoms with Crippen molar-refractivity contribution in [3.05, 3.63) is 92.0 Å². The summed E-state index contributed by atoms with van der Waals surface area (Å²) in [7, 11) is 0. The van der Waals surface area contributed by atoms with Gasteiger partial charge in [0.2, 0.25) is 6.71 Å². The van der Waals surface area contributed by atoms with Gasteiger partial charge in [-0.1, -0.05) is 77.7 Å². The lowest BCUT2D eigenvalue weighted by molar-refractivity contribution is 1.31. The Balaban J connectivity index is 0.000000272. The lowest BCUT2D eigenvalue weighted by Crippen LogP contribution is -2.41. The van der Waals surface area contributed by atoms with E-state index in [1.807, 2.05) is 6.08 Å². The first-order valence-electron chi connectivity index (χ1n) is 7.05. The van der Waals surface area contributed by atoms with E-state index in [9.17, 15) is 0 Å². The van der Waals surface area contributed by atoms with Crippen molar-refractivity contribution in [3.8, 4) is 0 Å². The van der Waals surface area contributed by atoms with E-state index < -0.39 is 0 Å². The van der Waals surface area contributed by atoms with Crippen LogP contribution in [0.2, 0.25) is 6.32 Å². The lowest BCUT2D eigenvalue weighted by Gasteiger charge is -2.12. The summed E-state index contributed by atoms with van der Waals surface area (Å²) >= 11 is 0. The molecule has 0 fully saturated rings. The van der Waals surface area contributed by atoms with Gasteiger partial charge in [0.15, 0.2) is 0 Å². The van der Waals surface area contributed by atoms with Crippen LogP contribution < -0.4 is 10.9 Å². The van der Waals surface area contributed by atoms with Gasteiger partial charge in [-0.2, -0.15) is 0 Å². The van der Waals surface area contributed by atoms with Gasteiger partial charge in [-0.15, -0.1) is 6.58 Å². The van der Waals surface area contributed by atoms with Gasteiger partial charge in [-0.05, 0) is 6.32 Å². The summed E-state index contributed by atoms with van der Waals surface area (Å²) in [5.41, 5.74) is 2.71. The largest absolute Gasteiger partial charge is 0.351 e. The number of H-pyrrole nitrogens is 1. The number of nitrogens with zero attached hydrogens (tertiary/aromatic N) is 1. The summed E-state index contributed by atoms with van der Waals surface area (Å²) < 4.78 is 0. The zero-order valence-corrected chi connectivity index (χ0v) is 12.0. The van der Waals surface area contributed by atoms with Crippen LogP contribution in [0, 0.1) is 0 Å². The molecule has 0 aliphatic carbocycles. The third-order valence-electron chi connectivity index (χ3n) is 3.21. The minimum Gasteiger partial charge on any atom is -0.351 e. The molecule has 0 saturated carbocycles. The molecule has 0 bridgehead atoms. The first kappa shape index (κ1) is 14.9. The molecule has 1 aromatic heterocycles. The van der Waals surface area contributed by atoms with Gasteiger partial charge in [0.05, 0.1) is 6.33 Å². The van der Waals surface area contributed by atoms with E-state index in [0.717, 1.165) is 6.32 Å². The van der Waals surface area contributed by atoms with Crippen molar-refractivity contribution in [2.24, 2.45) is 0 Å². The fraction of sp³-hybridized carbons (Fsp3) is 0.0556. The van der Waals surface area contributed by atoms with Gasteiger partial charge in [0, 0.05) is 12.4 Å². The molecule has 0 atom stereocenters. The predicted octanol–water partition coefficient (Wildman–Crippen LogP) is 2.89. The average Bonchev–Trinajstić information content (AvgIpc) is 3.14. The number of benzene rings is 2. The highest BCUT2D eigenvalue weighted by Gasteiger charge is 2.16. The maximum Gasteiger partial charge on any atom is 0.213 e. The SMILES string of the molecule is C=CCB(c1ccccc1)c1ccccc1.c1c[nH]cn1. The molecule has 3 rings (SSSR count). The van der Waals surface area contributed by atoms with Gasteiger partial charge in [-0.3, -0.25) is 0 Å². The number of rotatable bonds is 4. The van der Waals surface area contributed by atoms with Crippen LogP contribution in [-0.2, 0) is 0 Å². The number of hydrogen-bond acceptors (Lipinski definition) is 1. The quantitative estimate of drug-likeness (QED) is 0.575.